The summed E-state index contributed by atoms with van der Waals surface area (Å²) in [5.74, 6) is 0.944. The number of rotatable bonds is 4. The highest BCUT2D eigenvalue weighted by Crippen LogP contribution is 2.31. The van der Waals surface area contributed by atoms with E-state index in [1.54, 1.807) is 6.07 Å². The third kappa shape index (κ3) is 5.70. The van der Waals surface area contributed by atoms with Gasteiger partial charge in [-0.2, -0.15) is 5.11 Å². The van der Waals surface area contributed by atoms with E-state index in [1.807, 2.05) is 42.5 Å². The molecule has 0 radical (unpaired) electrons. The number of hydrogen-bond acceptors (Lipinski definition) is 3. The fraction of sp³-hybridized carbons (Fsp3) is 0.455. The Hall–Kier alpha value is -2.16. The zero-order valence-corrected chi connectivity index (χ0v) is 14.9. The van der Waals surface area contributed by atoms with Crippen LogP contribution in [0.3, 0.4) is 0 Å². The molecule has 3 nitrogen and oxygen atoms in total. The van der Waals surface area contributed by atoms with Gasteiger partial charge >= 0.3 is 0 Å². The molecule has 0 bridgehead atoms. The number of aromatic hydroxyl groups is 1. The molecule has 2 aromatic carbocycles. The van der Waals surface area contributed by atoms with Crippen LogP contribution in [0.1, 0.15) is 56.9 Å². The summed E-state index contributed by atoms with van der Waals surface area (Å²) in [6.45, 7) is 0. The first-order valence-electron chi connectivity index (χ1n) is 9.60. The summed E-state index contributed by atoms with van der Waals surface area (Å²) in [7, 11) is 0. The lowest BCUT2D eigenvalue weighted by molar-refractivity contribution is 0.425. The van der Waals surface area contributed by atoms with Gasteiger partial charge in [0.1, 0.15) is 11.4 Å². The lowest BCUT2D eigenvalue weighted by Gasteiger charge is -2.16. The van der Waals surface area contributed by atoms with Gasteiger partial charge in [-0.1, -0.05) is 75.6 Å². The maximum absolute atomic E-state index is 10.1. The summed E-state index contributed by atoms with van der Waals surface area (Å²) in [5.41, 5.74) is 2.61. The van der Waals surface area contributed by atoms with Gasteiger partial charge in [-0.3, -0.25) is 0 Å². The van der Waals surface area contributed by atoms with E-state index in [0.717, 1.165) is 18.0 Å². The third-order valence-electron chi connectivity index (χ3n) is 5.07. The van der Waals surface area contributed by atoms with E-state index in [2.05, 4.69) is 10.2 Å². The topological polar surface area (TPSA) is 45.0 Å². The van der Waals surface area contributed by atoms with Crippen molar-refractivity contribution in [1.29, 1.82) is 0 Å². The molecule has 25 heavy (non-hydrogen) atoms. The standard InChI is InChI=1S/C22H28N2O/c25-22-15-14-19(16-18-10-6-3-1-2-4-7-11-18)17-21(22)24-23-20-12-8-5-9-13-20/h5,8-9,12-15,17-18,25H,1-4,6-7,10-11,16H2/b24-23+. The Kier molecular flexibility index (Phi) is 6.61. The van der Waals surface area contributed by atoms with Gasteiger partial charge in [0.2, 0.25) is 0 Å². The van der Waals surface area contributed by atoms with E-state index in [9.17, 15) is 5.11 Å². The molecule has 132 valence electrons. The summed E-state index contributed by atoms with van der Waals surface area (Å²) in [6, 6.07) is 15.4. The first-order chi connectivity index (χ1) is 12.3. The Morgan fingerprint density at radius 1 is 0.800 bits per heavy atom. The van der Waals surface area contributed by atoms with E-state index in [4.69, 9.17) is 0 Å². The molecule has 0 amide bonds. The van der Waals surface area contributed by atoms with Crippen molar-refractivity contribution in [3.8, 4) is 5.75 Å². The van der Waals surface area contributed by atoms with Gasteiger partial charge in [0.15, 0.2) is 0 Å². The third-order valence-corrected chi connectivity index (χ3v) is 5.07. The fourth-order valence-corrected chi connectivity index (χ4v) is 3.64. The number of nitrogens with zero attached hydrogens (tertiary/aromatic N) is 2. The summed E-state index contributed by atoms with van der Waals surface area (Å²) in [6.07, 6.45) is 12.0. The van der Waals surface area contributed by atoms with Crippen LogP contribution >= 0.6 is 0 Å². The average molecular weight is 336 g/mol. The van der Waals surface area contributed by atoms with E-state index < -0.39 is 0 Å². The molecular weight excluding hydrogens is 308 g/mol. The number of hydrogen-bond donors (Lipinski definition) is 1. The molecule has 0 aliphatic heterocycles. The largest absolute Gasteiger partial charge is 0.506 e. The van der Waals surface area contributed by atoms with E-state index >= 15 is 0 Å². The predicted octanol–water partition coefficient (Wildman–Crippen LogP) is 7.10. The molecule has 0 aromatic heterocycles. The van der Waals surface area contributed by atoms with Gasteiger partial charge in [-0.15, -0.1) is 5.11 Å². The Balaban J connectivity index is 1.68. The SMILES string of the molecule is Oc1ccc(CC2CCCCCCCC2)cc1/N=N/c1ccccc1. The summed E-state index contributed by atoms with van der Waals surface area (Å²) in [5, 5.41) is 18.6. The van der Waals surface area contributed by atoms with Crippen molar-refractivity contribution in [2.24, 2.45) is 16.1 Å². The molecule has 0 spiro atoms. The molecule has 1 saturated carbocycles. The second-order valence-electron chi connectivity index (χ2n) is 7.13. The van der Waals surface area contributed by atoms with E-state index in [-0.39, 0.29) is 5.75 Å². The van der Waals surface area contributed by atoms with Crippen LogP contribution in [0.2, 0.25) is 0 Å². The lowest BCUT2D eigenvalue weighted by atomic mass is 9.90. The molecule has 1 N–H and O–H groups in total. The predicted molar refractivity (Wildman–Crippen MR) is 103 cm³/mol. The molecule has 0 unspecified atom stereocenters. The highest BCUT2D eigenvalue weighted by Gasteiger charge is 2.12. The van der Waals surface area contributed by atoms with Crippen molar-refractivity contribution in [2.45, 2.75) is 57.8 Å². The van der Waals surface area contributed by atoms with Crippen LogP contribution in [-0.4, -0.2) is 5.11 Å². The van der Waals surface area contributed by atoms with Crippen LogP contribution in [-0.2, 0) is 6.42 Å². The highest BCUT2D eigenvalue weighted by atomic mass is 16.3. The van der Waals surface area contributed by atoms with Gasteiger partial charge < -0.3 is 5.11 Å². The van der Waals surface area contributed by atoms with Crippen LogP contribution in [0.15, 0.2) is 58.8 Å². The number of phenols is 1. The molecule has 0 atom stereocenters. The molecule has 1 fully saturated rings. The normalized spacial score (nSPS) is 17.1. The zero-order chi connectivity index (χ0) is 17.3. The van der Waals surface area contributed by atoms with Crippen LogP contribution in [0, 0.1) is 5.92 Å². The zero-order valence-electron chi connectivity index (χ0n) is 14.9. The minimum absolute atomic E-state index is 0.192. The van der Waals surface area contributed by atoms with Gasteiger partial charge in [-0.05, 0) is 42.2 Å². The summed E-state index contributed by atoms with van der Waals surface area (Å²) >= 11 is 0. The number of phenolic OH excluding ortho intramolecular Hbond substituents is 1. The smallest absolute Gasteiger partial charge is 0.143 e. The Bertz CT molecular complexity index is 672. The highest BCUT2D eigenvalue weighted by molar-refractivity contribution is 5.53. The summed E-state index contributed by atoms with van der Waals surface area (Å²) in [4.78, 5) is 0. The Morgan fingerprint density at radius 2 is 1.48 bits per heavy atom. The molecule has 0 heterocycles. The van der Waals surface area contributed by atoms with Crippen LogP contribution in [0.25, 0.3) is 0 Å². The first-order valence-corrected chi connectivity index (χ1v) is 9.60. The molecule has 1 aliphatic carbocycles. The van der Waals surface area contributed by atoms with Crippen molar-refractivity contribution in [3.05, 3.63) is 54.1 Å². The second kappa shape index (κ2) is 9.36. The van der Waals surface area contributed by atoms with E-state index in [0.29, 0.717) is 5.69 Å². The fourth-order valence-electron chi connectivity index (χ4n) is 3.64. The van der Waals surface area contributed by atoms with Crippen LogP contribution < -0.4 is 0 Å². The minimum atomic E-state index is 0.192. The van der Waals surface area contributed by atoms with Crippen LogP contribution in [0.4, 0.5) is 11.4 Å². The van der Waals surface area contributed by atoms with E-state index in [1.165, 1.54) is 56.9 Å². The van der Waals surface area contributed by atoms with Gasteiger partial charge in [0, 0.05) is 0 Å². The van der Waals surface area contributed by atoms with Crippen molar-refractivity contribution in [1.82, 2.24) is 0 Å². The summed E-state index contributed by atoms with van der Waals surface area (Å²) < 4.78 is 0. The molecule has 2 aromatic rings. The second-order valence-corrected chi connectivity index (χ2v) is 7.13. The number of benzene rings is 2. The Morgan fingerprint density at radius 3 is 2.20 bits per heavy atom. The lowest BCUT2D eigenvalue weighted by Crippen LogP contribution is -2.04. The monoisotopic (exact) mass is 336 g/mol. The molecule has 3 heteroatoms. The molecule has 0 saturated heterocycles. The van der Waals surface area contributed by atoms with Crippen molar-refractivity contribution in [3.63, 3.8) is 0 Å². The van der Waals surface area contributed by atoms with Gasteiger partial charge in [0.05, 0.1) is 5.69 Å². The number of azo groups is 1. The van der Waals surface area contributed by atoms with Crippen LogP contribution in [0.5, 0.6) is 5.75 Å². The molecular formula is C22H28N2O. The maximum Gasteiger partial charge on any atom is 0.143 e. The average Bonchev–Trinajstić information content (AvgIpc) is 2.77. The first kappa shape index (κ1) is 17.7. The van der Waals surface area contributed by atoms with Crippen molar-refractivity contribution >= 4 is 11.4 Å². The van der Waals surface area contributed by atoms with Gasteiger partial charge in [0.25, 0.3) is 0 Å². The van der Waals surface area contributed by atoms with Gasteiger partial charge in [-0.25, -0.2) is 0 Å². The quantitative estimate of drug-likeness (QED) is 0.594. The minimum Gasteiger partial charge on any atom is -0.506 e. The van der Waals surface area contributed by atoms with Crippen molar-refractivity contribution < 1.29 is 5.11 Å². The molecule has 3 rings (SSSR count). The van der Waals surface area contributed by atoms with Crippen molar-refractivity contribution in [2.75, 3.05) is 0 Å². The Labute approximate surface area is 150 Å². The maximum atomic E-state index is 10.1. The molecule has 1 aliphatic rings.